The van der Waals surface area contributed by atoms with Crippen molar-refractivity contribution in [3.8, 4) is 0 Å². The highest BCUT2D eigenvalue weighted by molar-refractivity contribution is 9.12. The number of alkyl halides is 2. The van der Waals surface area contributed by atoms with Gasteiger partial charge in [-0.2, -0.15) is 0 Å². The molecule has 0 rings (SSSR count). The molecular formula is C3H4Br2O. The summed E-state index contributed by atoms with van der Waals surface area (Å²) in [6, 6.07) is 0. The van der Waals surface area contributed by atoms with Crippen LogP contribution < -0.4 is 0 Å². The van der Waals surface area contributed by atoms with Crippen LogP contribution in [-0.2, 0) is 4.79 Å². The number of carbonyl (C=O) groups excluding carboxylic acids is 1. The summed E-state index contributed by atoms with van der Waals surface area (Å²) in [6.07, 6.45) is 0.842. The highest BCUT2D eigenvalue weighted by atomic mass is 79.9. The first-order chi connectivity index (χ1) is 2.81. The predicted molar refractivity (Wildman–Crippen MR) is 32.6 cm³/mol. The molecule has 6 heavy (non-hydrogen) atoms. The van der Waals surface area contributed by atoms with Crippen LogP contribution in [0.2, 0.25) is 0 Å². The fourth-order valence-corrected chi connectivity index (χ4v) is 0.189. The fourth-order valence-electron chi connectivity index (χ4n) is 0.0364. The van der Waals surface area contributed by atoms with Crippen LogP contribution in [0.15, 0.2) is 0 Å². The van der Waals surface area contributed by atoms with E-state index >= 15 is 0 Å². The number of halogens is 2. The maximum Gasteiger partial charge on any atom is 0.134 e. The Bertz CT molecular complexity index is 46.1. The van der Waals surface area contributed by atoms with E-state index < -0.39 is 0 Å². The van der Waals surface area contributed by atoms with Crippen molar-refractivity contribution >= 4 is 38.1 Å². The normalized spacial score (nSPS) is 13.7. The maximum atomic E-state index is 9.66. The molecule has 0 heterocycles. The van der Waals surface area contributed by atoms with Crippen molar-refractivity contribution in [2.24, 2.45) is 0 Å². The van der Waals surface area contributed by atoms with E-state index in [0.29, 0.717) is 5.33 Å². The molecule has 0 aromatic carbocycles. The van der Waals surface area contributed by atoms with E-state index in [2.05, 4.69) is 31.9 Å². The second kappa shape index (κ2) is 3.81. The summed E-state index contributed by atoms with van der Waals surface area (Å²) < 4.78 is 0. The van der Waals surface area contributed by atoms with Crippen molar-refractivity contribution in [1.29, 1.82) is 0 Å². The molecule has 36 valence electrons. The molecule has 0 N–H and O–H groups in total. The summed E-state index contributed by atoms with van der Waals surface area (Å²) in [5.41, 5.74) is 0. The summed E-state index contributed by atoms with van der Waals surface area (Å²) in [4.78, 5) is 9.64. The van der Waals surface area contributed by atoms with Crippen LogP contribution in [0, 0.1) is 0 Å². The van der Waals surface area contributed by atoms with Crippen molar-refractivity contribution in [2.75, 3.05) is 5.33 Å². The van der Waals surface area contributed by atoms with Gasteiger partial charge in [0, 0.05) is 5.33 Å². The summed E-state index contributed by atoms with van der Waals surface area (Å²) >= 11 is 6.16. The number of hydrogen-bond acceptors (Lipinski definition) is 1. The van der Waals surface area contributed by atoms with Crippen LogP contribution in [0.25, 0.3) is 0 Å². The van der Waals surface area contributed by atoms with Crippen LogP contribution in [0.3, 0.4) is 0 Å². The molecule has 0 fully saturated rings. The topological polar surface area (TPSA) is 17.1 Å². The van der Waals surface area contributed by atoms with Gasteiger partial charge in [-0.15, -0.1) is 0 Å². The van der Waals surface area contributed by atoms with Crippen LogP contribution in [0.5, 0.6) is 0 Å². The van der Waals surface area contributed by atoms with Gasteiger partial charge in [0.2, 0.25) is 0 Å². The van der Waals surface area contributed by atoms with Gasteiger partial charge in [-0.05, 0) is 0 Å². The Hall–Kier alpha value is 0.630. The molecule has 0 aliphatic rings. The molecular weight excluding hydrogens is 212 g/mol. The monoisotopic (exact) mass is 214 g/mol. The van der Waals surface area contributed by atoms with E-state index in [-0.39, 0.29) is 4.83 Å². The SMILES string of the molecule is O=C[C@@H](Br)CBr. The number of hydrogen-bond donors (Lipinski definition) is 0. The van der Waals surface area contributed by atoms with E-state index in [1.165, 1.54) is 0 Å². The van der Waals surface area contributed by atoms with Crippen LogP contribution in [0.4, 0.5) is 0 Å². The molecule has 0 bridgehead atoms. The zero-order valence-corrected chi connectivity index (χ0v) is 6.20. The Balaban J connectivity index is 2.96. The Labute approximate surface area is 53.4 Å². The molecule has 0 aromatic rings. The average Bonchev–Trinajstić information content (AvgIpc) is 1.65. The van der Waals surface area contributed by atoms with Gasteiger partial charge < -0.3 is 4.79 Å². The summed E-state index contributed by atoms with van der Waals surface area (Å²) in [5, 5.41) is 0.691. The smallest absolute Gasteiger partial charge is 0.134 e. The molecule has 1 atom stereocenters. The zero-order valence-electron chi connectivity index (χ0n) is 3.03. The molecule has 0 spiro atoms. The lowest BCUT2D eigenvalue weighted by molar-refractivity contribution is -0.107. The van der Waals surface area contributed by atoms with E-state index in [1.54, 1.807) is 0 Å². The van der Waals surface area contributed by atoms with E-state index in [9.17, 15) is 4.79 Å². The van der Waals surface area contributed by atoms with Crippen molar-refractivity contribution in [3.05, 3.63) is 0 Å². The summed E-state index contributed by atoms with van der Waals surface area (Å²) in [5.74, 6) is 0. The molecule has 0 aliphatic carbocycles. The lowest BCUT2D eigenvalue weighted by Gasteiger charge is -1.85. The van der Waals surface area contributed by atoms with Crippen LogP contribution in [-0.4, -0.2) is 16.4 Å². The number of aldehydes is 1. The molecule has 0 unspecified atom stereocenters. The van der Waals surface area contributed by atoms with Gasteiger partial charge >= 0.3 is 0 Å². The molecule has 1 nitrogen and oxygen atoms in total. The highest BCUT2D eigenvalue weighted by Gasteiger charge is 1.93. The molecule has 3 heteroatoms. The predicted octanol–water partition coefficient (Wildman–Crippen LogP) is 1.34. The van der Waals surface area contributed by atoms with Crippen molar-refractivity contribution in [1.82, 2.24) is 0 Å². The Morgan fingerprint density at radius 2 is 2.33 bits per heavy atom. The first-order valence-corrected chi connectivity index (χ1v) is 3.50. The van der Waals surface area contributed by atoms with Crippen molar-refractivity contribution < 1.29 is 4.79 Å². The van der Waals surface area contributed by atoms with Gasteiger partial charge in [0.05, 0.1) is 4.83 Å². The van der Waals surface area contributed by atoms with Crippen LogP contribution >= 0.6 is 31.9 Å². The minimum absolute atomic E-state index is 0.0162. The first-order valence-electron chi connectivity index (χ1n) is 1.46. The Morgan fingerprint density at radius 3 is 2.33 bits per heavy atom. The molecule has 0 saturated carbocycles. The van der Waals surface area contributed by atoms with Crippen molar-refractivity contribution in [3.63, 3.8) is 0 Å². The fraction of sp³-hybridized carbons (Fsp3) is 0.667. The zero-order chi connectivity index (χ0) is 4.99. The molecule has 0 aromatic heterocycles. The molecule has 0 aliphatic heterocycles. The van der Waals surface area contributed by atoms with Crippen molar-refractivity contribution in [2.45, 2.75) is 4.83 Å². The van der Waals surface area contributed by atoms with Gasteiger partial charge in [-0.25, -0.2) is 0 Å². The summed E-state index contributed by atoms with van der Waals surface area (Å²) in [7, 11) is 0. The molecule has 0 saturated heterocycles. The number of carbonyl (C=O) groups is 1. The third-order valence-electron chi connectivity index (χ3n) is 0.295. The minimum Gasteiger partial charge on any atom is -0.302 e. The second-order valence-electron chi connectivity index (χ2n) is 0.806. The van der Waals surface area contributed by atoms with Gasteiger partial charge in [-0.1, -0.05) is 31.9 Å². The quantitative estimate of drug-likeness (QED) is 0.502. The Morgan fingerprint density at radius 1 is 1.83 bits per heavy atom. The lowest BCUT2D eigenvalue weighted by Crippen LogP contribution is -1.97. The third-order valence-corrected chi connectivity index (χ3v) is 2.40. The number of rotatable bonds is 2. The first kappa shape index (κ1) is 6.63. The van der Waals surface area contributed by atoms with Gasteiger partial charge in [0.1, 0.15) is 6.29 Å². The summed E-state index contributed by atoms with van der Waals surface area (Å²) in [6.45, 7) is 0. The third kappa shape index (κ3) is 2.85. The minimum atomic E-state index is -0.0162. The van der Waals surface area contributed by atoms with Gasteiger partial charge in [-0.3, -0.25) is 0 Å². The van der Waals surface area contributed by atoms with Crippen LogP contribution in [0.1, 0.15) is 0 Å². The largest absolute Gasteiger partial charge is 0.302 e. The van der Waals surface area contributed by atoms with E-state index in [0.717, 1.165) is 6.29 Å². The van der Waals surface area contributed by atoms with E-state index in [1.807, 2.05) is 0 Å². The van der Waals surface area contributed by atoms with E-state index in [4.69, 9.17) is 0 Å². The average molecular weight is 216 g/mol. The Kier molecular flexibility index (Phi) is 4.21. The second-order valence-corrected chi connectivity index (χ2v) is 2.63. The maximum absolute atomic E-state index is 9.66. The standard InChI is InChI=1S/C3H4Br2O/c4-1-3(5)2-6/h2-3H,1H2/t3-/m0/s1. The molecule has 0 amide bonds. The van der Waals surface area contributed by atoms with Gasteiger partial charge in [0.15, 0.2) is 0 Å². The lowest BCUT2D eigenvalue weighted by atomic mass is 10.6. The highest BCUT2D eigenvalue weighted by Crippen LogP contribution is 1.97. The van der Waals surface area contributed by atoms with Gasteiger partial charge in [0.25, 0.3) is 0 Å². The molecule has 0 radical (unpaired) electrons.